The molecule has 1 aromatic carbocycles. The van der Waals surface area contributed by atoms with Crippen LogP contribution in [-0.2, 0) is 27.8 Å². The van der Waals surface area contributed by atoms with Gasteiger partial charge in [0.15, 0.2) is 0 Å². The predicted octanol–water partition coefficient (Wildman–Crippen LogP) is 1.89. The van der Waals surface area contributed by atoms with Crippen molar-refractivity contribution < 1.29 is 13.2 Å². The number of sulfonamides is 1. The van der Waals surface area contributed by atoms with E-state index in [2.05, 4.69) is 5.32 Å². The summed E-state index contributed by atoms with van der Waals surface area (Å²) < 4.78 is 27.6. The van der Waals surface area contributed by atoms with Crippen LogP contribution in [0.1, 0.15) is 19.4 Å². The van der Waals surface area contributed by atoms with E-state index in [9.17, 15) is 18.0 Å². The number of pyridine rings is 1. The summed E-state index contributed by atoms with van der Waals surface area (Å²) in [5, 5.41) is 3.38. The Labute approximate surface area is 170 Å². The normalized spacial score (nSPS) is 11.6. The van der Waals surface area contributed by atoms with Crippen molar-refractivity contribution in [3.8, 4) is 0 Å². The van der Waals surface area contributed by atoms with Crippen LogP contribution in [0.4, 0.5) is 0 Å². The molecule has 0 atom stereocenters. The van der Waals surface area contributed by atoms with Crippen LogP contribution < -0.4 is 10.9 Å². The maximum atomic E-state index is 12.6. The zero-order valence-corrected chi connectivity index (χ0v) is 17.5. The minimum Gasteiger partial charge on any atom is -0.354 e. The van der Waals surface area contributed by atoms with E-state index in [1.807, 2.05) is 12.1 Å². The molecule has 28 heavy (non-hydrogen) atoms. The molecule has 9 heteroatoms. The molecular weight excluding hydrogens is 402 g/mol. The third kappa shape index (κ3) is 5.67. The Morgan fingerprint density at radius 3 is 2.36 bits per heavy atom. The van der Waals surface area contributed by atoms with Crippen molar-refractivity contribution in [3.63, 3.8) is 0 Å². The van der Waals surface area contributed by atoms with Crippen LogP contribution in [0.15, 0.2) is 52.3 Å². The van der Waals surface area contributed by atoms with Crippen molar-refractivity contribution in [1.29, 1.82) is 0 Å². The van der Waals surface area contributed by atoms with Crippen LogP contribution >= 0.6 is 11.6 Å². The van der Waals surface area contributed by atoms with Gasteiger partial charge in [-0.25, -0.2) is 8.42 Å². The van der Waals surface area contributed by atoms with Gasteiger partial charge in [0, 0.05) is 36.9 Å². The Bertz CT molecular complexity index is 967. The molecule has 0 aliphatic carbocycles. The first-order valence-corrected chi connectivity index (χ1v) is 10.8. The average molecular weight is 426 g/mol. The minimum atomic E-state index is -3.70. The number of nitrogens with zero attached hydrogens (tertiary/aromatic N) is 2. The Balaban J connectivity index is 2.03. The summed E-state index contributed by atoms with van der Waals surface area (Å²) in [5.74, 6) is -0.367. The van der Waals surface area contributed by atoms with Gasteiger partial charge in [0.2, 0.25) is 15.9 Å². The number of hydrogen-bond acceptors (Lipinski definition) is 4. The second-order valence-corrected chi connectivity index (χ2v) is 8.52. The van der Waals surface area contributed by atoms with E-state index in [4.69, 9.17) is 11.6 Å². The Morgan fingerprint density at radius 2 is 1.75 bits per heavy atom. The molecule has 0 spiro atoms. The summed E-state index contributed by atoms with van der Waals surface area (Å²) >= 11 is 5.84. The molecule has 0 saturated heterocycles. The highest BCUT2D eigenvalue weighted by Crippen LogP contribution is 2.13. The molecule has 0 radical (unpaired) electrons. The van der Waals surface area contributed by atoms with Crippen molar-refractivity contribution in [1.82, 2.24) is 14.2 Å². The second kappa shape index (κ2) is 9.86. The number of aromatic nitrogens is 1. The minimum absolute atomic E-state index is 0.00948. The molecule has 1 amide bonds. The number of amides is 1. The van der Waals surface area contributed by atoms with Gasteiger partial charge in [0.25, 0.3) is 5.56 Å². The molecule has 0 aliphatic rings. The molecule has 152 valence electrons. The number of halogens is 1. The van der Waals surface area contributed by atoms with Gasteiger partial charge >= 0.3 is 0 Å². The predicted molar refractivity (Wildman–Crippen MR) is 109 cm³/mol. The Hall–Kier alpha value is -2.16. The van der Waals surface area contributed by atoms with E-state index in [0.29, 0.717) is 31.1 Å². The first kappa shape index (κ1) is 22.1. The molecule has 0 bridgehead atoms. The number of nitrogens with one attached hydrogen (secondary N) is 1. The summed E-state index contributed by atoms with van der Waals surface area (Å²) in [7, 11) is -3.70. The van der Waals surface area contributed by atoms with Crippen molar-refractivity contribution in [2.75, 3.05) is 19.6 Å². The summed E-state index contributed by atoms with van der Waals surface area (Å²) in [6.07, 6.45) is 1.84. The highest BCUT2D eigenvalue weighted by molar-refractivity contribution is 7.89. The van der Waals surface area contributed by atoms with Gasteiger partial charge in [-0.15, -0.1) is 0 Å². The molecule has 1 heterocycles. The number of hydrogen-bond donors (Lipinski definition) is 1. The largest absolute Gasteiger partial charge is 0.354 e. The van der Waals surface area contributed by atoms with Gasteiger partial charge in [0.1, 0.15) is 6.54 Å². The average Bonchev–Trinajstić information content (AvgIpc) is 2.66. The van der Waals surface area contributed by atoms with E-state index in [1.165, 1.54) is 16.6 Å². The first-order valence-electron chi connectivity index (χ1n) is 8.99. The van der Waals surface area contributed by atoms with E-state index in [-0.39, 0.29) is 17.3 Å². The van der Waals surface area contributed by atoms with Gasteiger partial charge in [0.05, 0.1) is 4.90 Å². The SMILES string of the molecule is CCN(CC)S(=O)(=O)c1ccc(=O)n(CC(=O)NCCc2ccc(Cl)cc2)c1. The van der Waals surface area contributed by atoms with E-state index in [1.54, 1.807) is 26.0 Å². The summed E-state index contributed by atoms with van der Waals surface area (Å²) in [5.41, 5.74) is 0.584. The third-order valence-electron chi connectivity index (χ3n) is 4.26. The molecule has 7 nitrogen and oxygen atoms in total. The van der Waals surface area contributed by atoms with Gasteiger partial charge in [-0.05, 0) is 30.2 Å². The van der Waals surface area contributed by atoms with E-state index >= 15 is 0 Å². The molecule has 0 fully saturated rings. The molecular formula is C19H24ClN3O4S. The number of benzene rings is 1. The second-order valence-electron chi connectivity index (χ2n) is 6.15. The van der Waals surface area contributed by atoms with Crippen LogP contribution in [0, 0.1) is 0 Å². The molecule has 1 aromatic heterocycles. The molecule has 0 saturated carbocycles. The fourth-order valence-electron chi connectivity index (χ4n) is 2.71. The monoisotopic (exact) mass is 425 g/mol. The molecule has 0 unspecified atom stereocenters. The molecule has 2 aromatic rings. The lowest BCUT2D eigenvalue weighted by Gasteiger charge is -2.19. The van der Waals surface area contributed by atoms with Crippen LogP contribution in [0.2, 0.25) is 5.02 Å². The maximum absolute atomic E-state index is 12.6. The van der Waals surface area contributed by atoms with Gasteiger partial charge in [-0.3, -0.25) is 9.59 Å². The van der Waals surface area contributed by atoms with Crippen LogP contribution in [-0.4, -0.2) is 42.8 Å². The van der Waals surface area contributed by atoms with Crippen LogP contribution in [0.3, 0.4) is 0 Å². The quantitative estimate of drug-likeness (QED) is 0.664. The number of carbonyl (C=O) groups excluding carboxylic acids is 1. The lowest BCUT2D eigenvalue weighted by Crippen LogP contribution is -2.35. The van der Waals surface area contributed by atoms with E-state index < -0.39 is 15.6 Å². The zero-order valence-electron chi connectivity index (χ0n) is 15.9. The Morgan fingerprint density at radius 1 is 1.11 bits per heavy atom. The standard InChI is InChI=1S/C19H24ClN3O4S/c1-3-23(4-2)28(26,27)17-9-10-19(25)22(13-17)14-18(24)21-12-11-15-5-7-16(20)8-6-15/h5-10,13H,3-4,11-12,14H2,1-2H3,(H,21,24). The van der Waals surface area contributed by atoms with Crippen molar-refractivity contribution in [2.45, 2.75) is 31.7 Å². The van der Waals surface area contributed by atoms with Crippen molar-refractivity contribution in [3.05, 3.63) is 63.5 Å². The summed E-state index contributed by atoms with van der Waals surface area (Å²) in [4.78, 5) is 24.2. The summed E-state index contributed by atoms with van der Waals surface area (Å²) in [6, 6.07) is 9.74. The topological polar surface area (TPSA) is 88.5 Å². The lowest BCUT2D eigenvalue weighted by molar-refractivity contribution is -0.121. The molecule has 2 rings (SSSR count). The highest BCUT2D eigenvalue weighted by atomic mass is 35.5. The fraction of sp³-hybridized carbons (Fsp3) is 0.368. The fourth-order valence-corrected chi connectivity index (χ4v) is 4.31. The molecule has 1 N–H and O–H groups in total. The Kier molecular flexibility index (Phi) is 7.79. The zero-order chi connectivity index (χ0) is 20.7. The van der Waals surface area contributed by atoms with Gasteiger partial charge < -0.3 is 9.88 Å². The van der Waals surface area contributed by atoms with Crippen molar-refractivity contribution in [2.24, 2.45) is 0 Å². The van der Waals surface area contributed by atoms with Gasteiger partial charge in [-0.2, -0.15) is 4.31 Å². The smallest absolute Gasteiger partial charge is 0.251 e. The van der Waals surface area contributed by atoms with E-state index in [0.717, 1.165) is 16.2 Å². The number of carbonyl (C=O) groups is 1. The first-order chi connectivity index (χ1) is 13.3. The maximum Gasteiger partial charge on any atom is 0.251 e. The van der Waals surface area contributed by atoms with Gasteiger partial charge in [-0.1, -0.05) is 37.6 Å². The highest BCUT2D eigenvalue weighted by Gasteiger charge is 2.22. The van der Waals surface area contributed by atoms with Crippen LogP contribution in [0.25, 0.3) is 0 Å². The third-order valence-corrected chi connectivity index (χ3v) is 6.55. The molecule has 0 aliphatic heterocycles. The summed E-state index contributed by atoms with van der Waals surface area (Å²) in [6.45, 7) is 4.27. The number of rotatable bonds is 9. The van der Waals surface area contributed by atoms with Crippen molar-refractivity contribution >= 4 is 27.5 Å². The lowest BCUT2D eigenvalue weighted by atomic mass is 10.1. The van der Waals surface area contributed by atoms with Crippen LogP contribution in [0.5, 0.6) is 0 Å².